The molecular weight excluding hydrogens is 289 g/mol. The number of alkyl halides is 5. The van der Waals surface area contributed by atoms with Crippen LogP contribution in [-0.4, -0.2) is 30.0 Å². The molecule has 0 spiro atoms. The number of aryl methyl sites for hydroxylation is 1. The Labute approximate surface area is 110 Å². The Kier molecular flexibility index (Phi) is 4.23. The molecule has 0 fully saturated rings. The highest BCUT2D eigenvalue weighted by atomic mass is 32.1. The van der Waals surface area contributed by atoms with E-state index in [9.17, 15) is 26.7 Å². The second-order valence-electron chi connectivity index (χ2n) is 4.11. The summed E-state index contributed by atoms with van der Waals surface area (Å²) in [6, 6.07) is 2.45. The molecule has 1 aromatic heterocycles. The van der Waals surface area contributed by atoms with Gasteiger partial charge in [0.25, 0.3) is 0 Å². The van der Waals surface area contributed by atoms with Crippen LogP contribution >= 0.6 is 11.3 Å². The number of amides is 1. The number of hydrogen-bond acceptors (Lipinski definition) is 2. The first-order valence-electron chi connectivity index (χ1n) is 5.26. The van der Waals surface area contributed by atoms with Crippen LogP contribution in [0.15, 0.2) is 12.1 Å². The maximum Gasteiger partial charge on any atom is 0.463 e. The third kappa shape index (κ3) is 3.05. The Hall–Kier alpha value is -1.18. The van der Waals surface area contributed by atoms with Crippen molar-refractivity contribution in [3.63, 3.8) is 0 Å². The Morgan fingerprint density at radius 2 is 1.79 bits per heavy atom. The summed E-state index contributed by atoms with van der Waals surface area (Å²) in [5.41, 5.74) is 0. The third-order valence-electron chi connectivity index (χ3n) is 2.70. The second kappa shape index (κ2) is 5.07. The lowest BCUT2D eigenvalue weighted by Crippen LogP contribution is -2.51. The van der Waals surface area contributed by atoms with Crippen molar-refractivity contribution >= 4 is 17.2 Å². The number of carbonyl (C=O) groups is 1. The fourth-order valence-electron chi connectivity index (χ4n) is 1.39. The van der Waals surface area contributed by atoms with Gasteiger partial charge in [-0.1, -0.05) is 0 Å². The summed E-state index contributed by atoms with van der Waals surface area (Å²) in [4.78, 5) is 13.1. The summed E-state index contributed by atoms with van der Waals surface area (Å²) in [7, 11) is 0.932. The molecule has 1 unspecified atom stereocenters. The van der Waals surface area contributed by atoms with Gasteiger partial charge in [0.15, 0.2) is 0 Å². The zero-order valence-electron chi connectivity index (χ0n) is 10.4. The molecule has 0 aliphatic heterocycles. The monoisotopic (exact) mass is 301 g/mol. The smallest absolute Gasteiger partial charge is 0.333 e. The summed E-state index contributed by atoms with van der Waals surface area (Å²) in [5, 5.41) is 0. The summed E-state index contributed by atoms with van der Waals surface area (Å²) >= 11 is 1.24. The van der Waals surface area contributed by atoms with Gasteiger partial charge in [0.1, 0.15) is 0 Å². The van der Waals surface area contributed by atoms with Crippen molar-refractivity contribution in [2.45, 2.75) is 32.0 Å². The van der Waals surface area contributed by atoms with Crippen molar-refractivity contribution in [2.75, 3.05) is 7.05 Å². The average Bonchev–Trinajstić information content (AvgIpc) is 2.71. The Morgan fingerprint density at radius 3 is 2.16 bits per heavy atom. The second-order valence-corrected chi connectivity index (χ2v) is 5.43. The highest BCUT2D eigenvalue weighted by Crippen LogP contribution is 2.38. The van der Waals surface area contributed by atoms with Crippen molar-refractivity contribution in [2.24, 2.45) is 0 Å². The summed E-state index contributed by atoms with van der Waals surface area (Å²) in [6.07, 6.45) is -5.89. The number of carbonyl (C=O) groups excluding carboxylic acids is 1. The van der Waals surface area contributed by atoms with E-state index in [0.29, 0.717) is 9.78 Å². The molecule has 0 aliphatic rings. The van der Waals surface area contributed by atoms with Crippen molar-refractivity contribution in [3.8, 4) is 0 Å². The Balaban J connectivity index is 2.94. The molecule has 1 atom stereocenters. The third-order valence-corrected chi connectivity index (χ3v) is 3.87. The van der Waals surface area contributed by atoms with E-state index >= 15 is 0 Å². The van der Waals surface area contributed by atoms with Crippen molar-refractivity contribution in [3.05, 3.63) is 21.9 Å². The van der Waals surface area contributed by atoms with Crippen LogP contribution in [0.25, 0.3) is 0 Å². The van der Waals surface area contributed by atoms with Gasteiger partial charge < -0.3 is 4.90 Å². The Morgan fingerprint density at radius 1 is 1.26 bits per heavy atom. The number of hydrogen-bond donors (Lipinski definition) is 0. The first kappa shape index (κ1) is 15.9. The van der Waals surface area contributed by atoms with Gasteiger partial charge in [-0.05, 0) is 26.0 Å². The van der Waals surface area contributed by atoms with Gasteiger partial charge in [0.2, 0.25) is 0 Å². The van der Waals surface area contributed by atoms with Crippen LogP contribution in [0.2, 0.25) is 0 Å². The van der Waals surface area contributed by atoms with Crippen molar-refractivity contribution in [1.82, 2.24) is 4.90 Å². The minimum absolute atomic E-state index is 0.415. The van der Waals surface area contributed by atoms with E-state index in [1.54, 1.807) is 19.1 Å². The molecule has 1 amide bonds. The highest BCUT2D eigenvalue weighted by Gasteiger charge is 2.64. The van der Waals surface area contributed by atoms with Crippen molar-refractivity contribution < 1.29 is 26.7 Å². The molecule has 1 heterocycles. The van der Waals surface area contributed by atoms with Gasteiger partial charge in [-0.3, -0.25) is 4.79 Å². The van der Waals surface area contributed by atoms with Crippen LogP contribution in [0.4, 0.5) is 22.0 Å². The number of nitrogens with zero attached hydrogens (tertiary/aromatic N) is 1. The van der Waals surface area contributed by atoms with Crippen LogP contribution < -0.4 is 0 Å². The summed E-state index contributed by atoms with van der Waals surface area (Å²) in [5.74, 6) is -7.62. The average molecular weight is 301 g/mol. The standard InChI is InChI=1S/C11H12F5NOS/c1-6-4-5-8(19-6)7(2)17(3)9(18)10(12,13)11(14,15)16/h4-5,7H,1-3H3. The zero-order valence-corrected chi connectivity index (χ0v) is 11.2. The van der Waals surface area contributed by atoms with Gasteiger partial charge in [-0.2, -0.15) is 22.0 Å². The topological polar surface area (TPSA) is 20.3 Å². The lowest BCUT2D eigenvalue weighted by molar-refractivity contribution is -0.274. The normalized spacial score (nSPS) is 14.3. The minimum Gasteiger partial charge on any atom is -0.333 e. The van der Waals surface area contributed by atoms with E-state index in [0.717, 1.165) is 11.9 Å². The van der Waals surface area contributed by atoms with Crippen molar-refractivity contribution in [1.29, 1.82) is 0 Å². The van der Waals surface area contributed by atoms with Gasteiger partial charge in [-0.25, -0.2) is 0 Å². The molecule has 2 nitrogen and oxygen atoms in total. The van der Waals surface area contributed by atoms with Gasteiger partial charge >= 0.3 is 18.0 Å². The molecule has 0 N–H and O–H groups in total. The van der Waals surface area contributed by atoms with E-state index in [-0.39, 0.29) is 0 Å². The van der Waals surface area contributed by atoms with Crippen LogP contribution in [0.3, 0.4) is 0 Å². The molecule has 0 aromatic carbocycles. The first-order valence-corrected chi connectivity index (χ1v) is 6.08. The van der Waals surface area contributed by atoms with E-state index < -0.39 is 24.0 Å². The number of halogens is 5. The summed E-state index contributed by atoms with van der Waals surface area (Å²) in [6.45, 7) is 3.17. The van der Waals surface area contributed by atoms with Crippen LogP contribution in [0, 0.1) is 6.92 Å². The molecule has 8 heteroatoms. The molecule has 0 aliphatic carbocycles. The molecule has 0 saturated carbocycles. The molecule has 0 bridgehead atoms. The maximum absolute atomic E-state index is 12.9. The summed E-state index contributed by atoms with van der Waals surface area (Å²) < 4.78 is 62.2. The van der Waals surface area contributed by atoms with Crippen LogP contribution in [-0.2, 0) is 4.79 Å². The molecular formula is C11H12F5NOS. The molecule has 108 valence electrons. The van der Waals surface area contributed by atoms with Gasteiger partial charge in [0, 0.05) is 16.8 Å². The van der Waals surface area contributed by atoms with Crippen LogP contribution in [0.1, 0.15) is 22.7 Å². The Bertz CT molecular complexity index is 468. The van der Waals surface area contributed by atoms with E-state index in [1.165, 1.54) is 18.3 Å². The highest BCUT2D eigenvalue weighted by molar-refractivity contribution is 7.12. The van der Waals surface area contributed by atoms with Gasteiger partial charge in [0.05, 0.1) is 6.04 Å². The first-order chi connectivity index (χ1) is 8.48. The maximum atomic E-state index is 12.9. The fraction of sp³-hybridized carbons (Fsp3) is 0.545. The molecule has 0 radical (unpaired) electrons. The lowest BCUT2D eigenvalue weighted by Gasteiger charge is -2.29. The van der Waals surface area contributed by atoms with E-state index in [4.69, 9.17) is 0 Å². The predicted octanol–water partition coefficient (Wildman–Crippen LogP) is 3.77. The SMILES string of the molecule is Cc1ccc(C(C)N(C)C(=O)C(F)(F)C(F)(F)F)s1. The quantitative estimate of drug-likeness (QED) is 0.778. The number of thiophene rings is 1. The zero-order chi connectivity index (χ0) is 15.0. The molecule has 1 rings (SSSR count). The van der Waals surface area contributed by atoms with Gasteiger partial charge in [-0.15, -0.1) is 11.3 Å². The lowest BCUT2D eigenvalue weighted by atomic mass is 10.2. The number of rotatable bonds is 3. The molecule has 0 saturated heterocycles. The predicted molar refractivity (Wildman–Crippen MR) is 61.2 cm³/mol. The molecule has 19 heavy (non-hydrogen) atoms. The van der Waals surface area contributed by atoms with E-state index in [2.05, 4.69) is 0 Å². The molecule has 1 aromatic rings. The fourth-order valence-corrected chi connectivity index (χ4v) is 2.36. The largest absolute Gasteiger partial charge is 0.463 e. The van der Waals surface area contributed by atoms with Crippen LogP contribution in [0.5, 0.6) is 0 Å². The van der Waals surface area contributed by atoms with E-state index in [1.807, 2.05) is 0 Å². The minimum atomic E-state index is -5.89.